The average Bonchev–Trinajstić information content (AvgIpc) is 3.16. The van der Waals surface area contributed by atoms with Gasteiger partial charge in [0.2, 0.25) is 5.91 Å². The Bertz CT molecular complexity index is 998. The average molecular weight is 477 g/mol. The van der Waals surface area contributed by atoms with Crippen LogP contribution in [-0.4, -0.2) is 36.3 Å². The molecule has 5 rings (SSSR count). The summed E-state index contributed by atoms with van der Waals surface area (Å²) in [5, 5.41) is 3.30. The highest BCUT2D eigenvalue weighted by atomic mass is 16.2. The van der Waals surface area contributed by atoms with Crippen LogP contribution < -0.4 is 5.32 Å². The molecule has 0 spiro atoms. The van der Waals surface area contributed by atoms with Crippen LogP contribution in [0.5, 0.6) is 0 Å². The molecule has 3 fully saturated rings. The summed E-state index contributed by atoms with van der Waals surface area (Å²) in [4.78, 5) is 27.3. The van der Waals surface area contributed by atoms with Gasteiger partial charge in [0.05, 0.1) is 0 Å². The van der Waals surface area contributed by atoms with E-state index in [0.717, 1.165) is 36.8 Å². The molecule has 4 nitrogen and oxygen atoms in total. The first-order valence-corrected chi connectivity index (χ1v) is 14.0. The fourth-order valence-corrected chi connectivity index (χ4v) is 8.76. The van der Waals surface area contributed by atoms with E-state index in [1.54, 1.807) is 0 Å². The molecule has 35 heavy (non-hydrogen) atoms. The third kappa shape index (κ3) is 4.15. The first-order valence-electron chi connectivity index (χ1n) is 14.0. The molecule has 1 heterocycles. The van der Waals surface area contributed by atoms with Gasteiger partial charge in [0.1, 0.15) is 0 Å². The molecule has 2 amide bonds. The van der Waals surface area contributed by atoms with Crippen molar-refractivity contribution >= 4 is 11.8 Å². The number of carbonyl (C=O) groups is 2. The molecule has 3 saturated carbocycles. The summed E-state index contributed by atoms with van der Waals surface area (Å²) in [5.74, 6) is 3.52. The molecule has 1 aromatic carbocycles. The van der Waals surface area contributed by atoms with E-state index in [4.69, 9.17) is 0 Å². The fourth-order valence-electron chi connectivity index (χ4n) is 8.76. The molecule has 1 N–H and O–H groups in total. The lowest BCUT2D eigenvalue weighted by Gasteiger charge is -2.60. The monoisotopic (exact) mass is 476 g/mol. The van der Waals surface area contributed by atoms with Gasteiger partial charge in [-0.2, -0.15) is 0 Å². The van der Waals surface area contributed by atoms with Gasteiger partial charge >= 0.3 is 0 Å². The zero-order chi connectivity index (χ0) is 25.0. The van der Waals surface area contributed by atoms with Crippen molar-refractivity contribution in [2.75, 3.05) is 13.6 Å². The largest absolute Gasteiger partial charge is 0.352 e. The van der Waals surface area contributed by atoms with E-state index in [1.807, 2.05) is 30.2 Å². The van der Waals surface area contributed by atoms with Gasteiger partial charge in [0.15, 0.2) is 0 Å². The summed E-state index contributed by atoms with van der Waals surface area (Å²) in [6.07, 6.45) is 12.5. The molecule has 0 saturated heterocycles. The van der Waals surface area contributed by atoms with Crippen LogP contribution in [0.1, 0.15) is 82.1 Å². The van der Waals surface area contributed by atoms with Crippen molar-refractivity contribution in [2.45, 2.75) is 78.7 Å². The molecule has 0 aromatic heterocycles. The maximum atomic E-state index is 12.9. The van der Waals surface area contributed by atoms with Crippen LogP contribution in [-0.2, 0) is 11.2 Å². The number of nitrogens with zero attached hydrogens (tertiary/aromatic N) is 1. The number of likely N-dealkylation sites (N-methyl/N-ethyl adjacent to an activating group) is 1. The summed E-state index contributed by atoms with van der Waals surface area (Å²) in [6.45, 7) is 10.2. The second-order valence-corrected chi connectivity index (χ2v) is 12.9. The van der Waals surface area contributed by atoms with Gasteiger partial charge in [-0.15, -0.1) is 0 Å². The number of rotatable bonds is 5. The smallest absolute Gasteiger partial charge is 0.251 e. The molecule has 2 unspecified atom stereocenters. The number of hydrogen-bond acceptors (Lipinski definition) is 2. The van der Waals surface area contributed by atoms with Crippen LogP contribution in [0.2, 0.25) is 0 Å². The quantitative estimate of drug-likeness (QED) is 0.578. The van der Waals surface area contributed by atoms with E-state index in [2.05, 4.69) is 51.2 Å². The number of carbonyl (C=O) groups excluding carboxylic acids is 2. The number of benzene rings is 1. The summed E-state index contributed by atoms with van der Waals surface area (Å²) >= 11 is 0. The normalized spacial score (nSPS) is 38.2. The summed E-state index contributed by atoms with van der Waals surface area (Å²) < 4.78 is 0. The summed E-state index contributed by atoms with van der Waals surface area (Å²) in [6, 6.07) is 8.51. The van der Waals surface area contributed by atoms with E-state index in [-0.39, 0.29) is 17.2 Å². The van der Waals surface area contributed by atoms with E-state index in [0.29, 0.717) is 29.2 Å². The molecule has 0 bridgehead atoms. The molecule has 4 aliphatic rings. The Morgan fingerprint density at radius 3 is 2.51 bits per heavy atom. The van der Waals surface area contributed by atoms with E-state index in [9.17, 15) is 9.59 Å². The maximum absolute atomic E-state index is 12.9. The first kappa shape index (κ1) is 24.6. The van der Waals surface area contributed by atoms with Crippen molar-refractivity contribution in [3.63, 3.8) is 0 Å². The zero-order valence-corrected chi connectivity index (χ0v) is 22.3. The lowest BCUT2D eigenvalue weighted by atomic mass is 9.47. The van der Waals surface area contributed by atoms with Crippen molar-refractivity contribution in [1.29, 1.82) is 0 Å². The molecule has 0 radical (unpaired) electrons. The van der Waals surface area contributed by atoms with E-state index >= 15 is 0 Å². The Morgan fingerprint density at radius 2 is 1.80 bits per heavy atom. The van der Waals surface area contributed by atoms with Crippen LogP contribution in [0, 0.1) is 40.4 Å². The fraction of sp³-hybridized carbons (Fsp3) is 0.677. The van der Waals surface area contributed by atoms with Crippen LogP contribution >= 0.6 is 0 Å². The third-order valence-electron chi connectivity index (χ3n) is 10.7. The van der Waals surface area contributed by atoms with E-state index < -0.39 is 0 Å². The molecular formula is C31H44N2O2. The van der Waals surface area contributed by atoms with Crippen LogP contribution in [0.4, 0.5) is 0 Å². The van der Waals surface area contributed by atoms with Crippen molar-refractivity contribution in [1.82, 2.24) is 10.2 Å². The molecule has 190 valence electrons. The summed E-state index contributed by atoms with van der Waals surface area (Å²) in [5.41, 5.74) is 2.47. The van der Waals surface area contributed by atoms with Crippen molar-refractivity contribution in [3.05, 3.63) is 47.5 Å². The van der Waals surface area contributed by atoms with Crippen LogP contribution in [0.25, 0.3) is 0 Å². The second kappa shape index (κ2) is 9.09. The molecule has 1 aromatic rings. The minimum atomic E-state index is 0.0647. The van der Waals surface area contributed by atoms with Crippen molar-refractivity contribution < 1.29 is 9.59 Å². The van der Waals surface area contributed by atoms with Gasteiger partial charge < -0.3 is 10.2 Å². The number of hydrogen-bond donors (Lipinski definition) is 1. The van der Waals surface area contributed by atoms with Gasteiger partial charge in [-0.1, -0.05) is 45.9 Å². The topological polar surface area (TPSA) is 49.4 Å². The number of amides is 2. The highest BCUT2D eigenvalue weighted by molar-refractivity contribution is 5.94. The minimum Gasteiger partial charge on any atom is -0.352 e. The first-order chi connectivity index (χ1) is 16.6. The molecule has 4 heteroatoms. The maximum Gasteiger partial charge on any atom is 0.251 e. The molecule has 3 aliphatic carbocycles. The Kier molecular flexibility index (Phi) is 6.38. The number of nitrogens with one attached hydrogen (secondary N) is 1. The highest BCUT2D eigenvalue weighted by Gasteiger charge is 2.60. The van der Waals surface area contributed by atoms with Crippen molar-refractivity contribution in [3.8, 4) is 0 Å². The Hall–Kier alpha value is -2.10. The lowest BCUT2D eigenvalue weighted by Crippen LogP contribution is -2.59. The van der Waals surface area contributed by atoms with E-state index in [1.165, 1.54) is 37.7 Å². The van der Waals surface area contributed by atoms with Crippen LogP contribution in [0.3, 0.4) is 0 Å². The summed E-state index contributed by atoms with van der Waals surface area (Å²) in [7, 11) is 1.99. The van der Waals surface area contributed by atoms with Crippen molar-refractivity contribution in [2.24, 2.45) is 40.4 Å². The standard InChI is InChI=1S/C31H44N2O2/c1-20(2)18-21-6-8-22(9-7-21)29(35)32-19-23-10-12-25-24-11-13-27-31(4,17-15-28(34)33(27)5)26(24)14-16-30(23,25)3/h6-9,15,17,20,23-27H,10-14,16,18-19H2,1-5H3,(H,32,35)/t23?,24-,25-,26+,27?,30+,31+/m0/s1. The highest BCUT2D eigenvalue weighted by Crippen LogP contribution is 2.65. The van der Waals surface area contributed by atoms with Gasteiger partial charge in [-0.3, -0.25) is 9.59 Å². The van der Waals surface area contributed by atoms with Gasteiger partial charge in [0, 0.05) is 30.6 Å². The van der Waals surface area contributed by atoms with Gasteiger partial charge in [-0.05, 0) is 104 Å². The predicted octanol–water partition coefficient (Wildman–Crippen LogP) is 5.87. The third-order valence-corrected chi connectivity index (χ3v) is 10.7. The van der Waals surface area contributed by atoms with Gasteiger partial charge in [0.25, 0.3) is 5.91 Å². The van der Waals surface area contributed by atoms with Crippen LogP contribution in [0.15, 0.2) is 36.4 Å². The Labute approximate surface area is 211 Å². The SMILES string of the molecule is CC(C)Cc1ccc(C(=O)NCC2CC[C@H]3[C@@H]4CCC5N(C)C(=O)C=C[C@]5(C)[C@@H]4CC[C@]23C)cc1. The minimum absolute atomic E-state index is 0.0647. The lowest BCUT2D eigenvalue weighted by molar-refractivity contribution is -0.138. The predicted molar refractivity (Wildman–Crippen MR) is 141 cm³/mol. The Balaban J connectivity index is 1.25. The number of fused-ring (bicyclic) bond motifs is 5. The molecule has 7 atom stereocenters. The Morgan fingerprint density at radius 1 is 1.06 bits per heavy atom. The second-order valence-electron chi connectivity index (χ2n) is 12.9. The zero-order valence-electron chi connectivity index (χ0n) is 22.3. The molecule has 1 aliphatic heterocycles. The van der Waals surface area contributed by atoms with Gasteiger partial charge in [-0.25, -0.2) is 0 Å². The molecular weight excluding hydrogens is 432 g/mol.